The van der Waals surface area contributed by atoms with Crippen molar-refractivity contribution in [1.29, 1.82) is 0 Å². The Morgan fingerprint density at radius 3 is 2.62 bits per heavy atom. The average molecular weight is 228 g/mol. The Bertz CT molecular complexity index is 245. The van der Waals surface area contributed by atoms with E-state index in [0.29, 0.717) is 5.92 Å². The van der Waals surface area contributed by atoms with Crippen molar-refractivity contribution in [2.75, 3.05) is 20.2 Å². The third kappa shape index (κ3) is 2.95. The fourth-order valence-electron chi connectivity index (χ4n) is 2.19. The van der Waals surface area contributed by atoms with Crippen molar-refractivity contribution >= 4 is 5.97 Å². The number of nitrogens with two attached hydrogens (primary N) is 1. The minimum absolute atomic E-state index is 0.0920. The van der Waals surface area contributed by atoms with Gasteiger partial charge < -0.3 is 10.5 Å². The summed E-state index contributed by atoms with van der Waals surface area (Å²) in [7, 11) is 1.44. The average Bonchev–Trinajstić information content (AvgIpc) is 2.29. The number of likely N-dealkylation sites (tertiary alicyclic amines) is 1. The second-order valence-corrected chi connectivity index (χ2v) is 4.98. The van der Waals surface area contributed by atoms with Crippen LogP contribution < -0.4 is 5.73 Å². The van der Waals surface area contributed by atoms with Crippen LogP contribution in [0.25, 0.3) is 0 Å². The molecule has 0 bridgehead atoms. The molecule has 4 unspecified atom stereocenters. The molecule has 1 aliphatic rings. The lowest BCUT2D eigenvalue weighted by atomic mass is 9.91. The highest BCUT2D eigenvalue weighted by Gasteiger charge is 2.31. The summed E-state index contributed by atoms with van der Waals surface area (Å²) >= 11 is 0. The summed E-state index contributed by atoms with van der Waals surface area (Å²) in [5.41, 5.74) is 6.06. The monoisotopic (exact) mass is 228 g/mol. The number of carbonyl (C=O) groups is 1. The van der Waals surface area contributed by atoms with Crippen LogP contribution in [0, 0.1) is 11.8 Å². The number of rotatable bonds is 3. The van der Waals surface area contributed by atoms with Crippen molar-refractivity contribution in [2.24, 2.45) is 17.6 Å². The van der Waals surface area contributed by atoms with Crippen LogP contribution in [0.4, 0.5) is 0 Å². The molecule has 16 heavy (non-hydrogen) atoms. The Labute approximate surface area is 98.1 Å². The Balaban J connectivity index is 2.54. The van der Waals surface area contributed by atoms with Gasteiger partial charge in [0.1, 0.15) is 0 Å². The number of piperidine rings is 1. The third-order valence-corrected chi connectivity index (χ3v) is 3.92. The molecular formula is C12H24N2O2. The molecule has 0 saturated carbocycles. The van der Waals surface area contributed by atoms with Crippen LogP contribution in [0.2, 0.25) is 0 Å². The Hall–Kier alpha value is -0.610. The number of carbonyl (C=O) groups excluding carboxylic acids is 1. The second kappa shape index (κ2) is 5.64. The lowest BCUT2D eigenvalue weighted by Gasteiger charge is -2.40. The van der Waals surface area contributed by atoms with Crippen LogP contribution in [-0.2, 0) is 9.53 Å². The van der Waals surface area contributed by atoms with Gasteiger partial charge in [-0.15, -0.1) is 0 Å². The summed E-state index contributed by atoms with van der Waals surface area (Å²) in [6.07, 6.45) is 1.11. The van der Waals surface area contributed by atoms with Crippen molar-refractivity contribution in [3.05, 3.63) is 0 Å². The van der Waals surface area contributed by atoms with Crippen LogP contribution in [0.5, 0.6) is 0 Å². The normalized spacial score (nSPS) is 30.8. The molecule has 4 heteroatoms. The lowest BCUT2D eigenvalue weighted by Crippen LogP contribution is -2.52. The van der Waals surface area contributed by atoms with E-state index in [-0.39, 0.29) is 24.0 Å². The first-order chi connectivity index (χ1) is 7.47. The van der Waals surface area contributed by atoms with E-state index in [1.54, 1.807) is 0 Å². The maximum Gasteiger partial charge on any atom is 0.309 e. The van der Waals surface area contributed by atoms with Crippen molar-refractivity contribution in [3.8, 4) is 0 Å². The van der Waals surface area contributed by atoms with Crippen molar-refractivity contribution < 1.29 is 9.53 Å². The molecule has 0 aromatic rings. The molecule has 1 heterocycles. The highest BCUT2D eigenvalue weighted by Crippen LogP contribution is 2.21. The third-order valence-electron chi connectivity index (χ3n) is 3.92. The summed E-state index contributed by atoms with van der Waals surface area (Å²) in [5, 5.41) is 0. The van der Waals surface area contributed by atoms with Gasteiger partial charge in [0.25, 0.3) is 0 Å². The molecule has 0 amide bonds. The standard InChI is InChI=1S/C12H24N2O2/c1-8-5-6-14(7-11(8)13)10(3)9(2)12(15)16-4/h8-11H,5-7,13H2,1-4H3. The summed E-state index contributed by atoms with van der Waals surface area (Å²) in [6.45, 7) is 8.09. The molecule has 1 rings (SSSR count). The zero-order valence-electron chi connectivity index (χ0n) is 10.8. The summed E-state index contributed by atoms with van der Waals surface area (Å²) < 4.78 is 4.78. The van der Waals surface area contributed by atoms with E-state index in [0.717, 1.165) is 19.5 Å². The summed E-state index contributed by atoms with van der Waals surface area (Å²) in [6, 6.07) is 0.423. The van der Waals surface area contributed by atoms with Crippen molar-refractivity contribution in [2.45, 2.75) is 39.3 Å². The number of esters is 1. The van der Waals surface area contributed by atoms with Gasteiger partial charge in [-0.25, -0.2) is 0 Å². The quantitative estimate of drug-likeness (QED) is 0.728. The van der Waals surface area contributed by atoms with Crippen LogP contribution in [-0.4, -0.2) is 43.2 Å². The molecular weight excluding hydrogens is 204 g/mol. The number of hydrogen-bond donors (Lipinski definition) is 1. The smallest absolute Gasteiger partial charge is 0.309 e. The highest BCUT2D eigenvalue weighted by atomic mass is 16.5. The van der Waals surface area contributed by atoms with Gasteiger partial charge in [0.2, 0.25) is 0 Å². The summed E-state index contributed by atoms with van der Waals surface area (Å²) in [4.78, 5) is 13.8. The molecule has 4 nitrogen and oxygen atoms in total. The minimum atomic E-state index is -0.139. The molecule has 0 spiro atoms. The van der Waals surface area contributed by atoms with E-state index in [1.165, 1.54) is 7.11 Å². The van der Waals surface area contributed by atoms with Gasteiger partial charge >= 0.3 is 5.97 Å². The van der Waals surface area contributed by atoms with Crippen LogP contribution >= 0.6 is 0 Å². The number of ether oxygens (including phenoxy) is 1. The largest absolute Gasteiger partial charge is 0.469 e. The van der Waals surface area contributed by atoms with Gasteiger partial charge in [-0.05, 0) is 25.8 Å². The number of nitrogens with zero attached hydrogens (tertiary/aromatic N) is 1. The molecule has 1 saturated heterocycles. The molecule has 1 aliphatic heterocycles. The predicted octanol–water partition coefficient (Wildman–Crippen LogP) is 0.853. The summed E-state index contributed by atoms with van der Waals surface area (Å²) in [5.74, 6) is 0.349. The zero-order chi connectivity index (χ0) is 12.3. The molecule has 2 N–H and O–H groups in total. The topological polar surface area (TPSA) is 55.6 Å². The second-order valence-electron chi connectivity index (χ2n) is 4.98. The Kier molecular flexibility index (Phi) is 4.74. The predicted molar refractivity (Wildman–Crippen MR) is 64.0 cm³/mol. The van der Waals surface area contributed by atoms with E-state index < -0.39 is 0 Å². The van der Waals surface area contributed by atoms with E-state index in [1.807, 2.05) is 6.92 Å². The van der Waals surface area contributed by atoms with E-state index in [4.69, 9.17) is 10.5 Å². The molecule has 0 aromatic heterocycles. The van der Waals surface area contributed by atoms with Crippen LogP contribution in [0.3, 0.4) is 0 Å². The number of methoxy groups -OCH3 is 1. The maximum absolute atomic E-state index is 11.5. The fraction of sp³-hybridized carbons (Fsp3) is 0.917. The molecule has 94 valence electrons. The fourth-order valence-corrected chi connectivity index (χ4v) is 2.19. The van der Waals surface area contributed by atoms with Crippen LogP contribution in [0.15, 0.2) is 0 Å². The van der Waals surface area contributed by atoms with E-state index in [2.05, 4.69) is 18.7 Å². The first-order valence-corrected chi connectivity index (χ1v) is 6.04. The lowest BCUT2D eigenvalue weighted by molar-refractivity contribution is -0.147. The van der Waals surface area contributed by atoms with Crippen molar-refractivity contribution in [3.63, 3.8) is 0 Å². The minimum Gasteiger partial charge on any atom is -0.469 e. The van der Waals surface area contributed by atoms with Gasteiger partial charge in [-0.3, -0.25) is 9.69 Å². The zero-order valence-corrected chi connectivity index (χ0v) is 10.8. The Morgan fingerprint density at radius 1 is 1.50 bits per heavy atom. The van der Waals surface area contributed by atoms with Gasteiger partial charge in [0.05, 0.1) is 13.0 Å². The van der Waals surface area contributed by atoms with Gasteiger partial charge in [-0.2, -0.15) is 0 Å². The SMILES string of the molecule is COC(=O)C(C)C(C)N1CCC(C)C(N)C1. The first-order valence-electron chi connectivity index (χ1n) is 6.04. The highest BCUT2D eigenvalue weighted by molar-refractivity contribution is 5.72. The number of hydrogen-bond acceptors (Lipinski definition) is 4. The molecule has 0 aromatic carbocycles. The van der Waals surface area contributed by atoms with E-state index in [9.17, 15) is 4.79 Å². The van der Waals surface area contributed by atoms with Crippen LogP contribution in [0.1, 0.15) is 27.2 Å². The van der Waals surface area contributed by atoms with E-state index >= 15 is 0 Å². The molecule has 4 atom stereocenters. The van der Waals surface area contributed by atoms with Gasteiger partial charge in [0, 0.05) is 18.6 Å². The Morgan fingerprint density at radius 2 is 2.12 bits per heavy atom. The molecule has 1 fully saturated rings. The molecule has 0 radical (unpaired) electrons. The molecule has 0 aliphatic carbocycles. The maximum atomic E-state index is 11.5. The van der Waals surface area contributed by atoms with Crippen molar-refractivity contribution in [1.82, 2.24) is 4.90 Å². The first kappa shape index (κ1) is 13.5. The van der Waals surface area contributed by atoms with Gasteiger partial charge in [-0.1, -0.05) is 13.8 Å². The van der Waals surface area contributed by atoms with Gasteiger partial charge in [0.15, 0.2) is 0 Å².